The van der Waals surface area contributed by atoms with E-state index >= 15 is 0 Å². The topological polar surface area (TPSA) is 134 Å². The van der Waals surface area contributed by atoms with Gasteiger partial charge in [0.05, 0.1) is 76.3 Å². The van der Waals surface area contributed by atoms with Crippen molar-refractivity contribution in [1.29, 1.82) is 5.26 Å². The van der Waals surface area contributed by atoms with Crippen LogP contribution in [0.4, 0.5) is 0 Å². The largest absolute Gasteiger partial charge is 0.494 e. The fraction of sp³-hybridized carbons (Fsp3) is 0.397. The van der Waals surface area contributed by atoms with Gasteiger partial charge in [0.25, 0.3) is 0 Å². The summed E-state index contributed by atoms with van der Waals surface area (Å²) in [6.07, 6.45) is 52.8. The molecule has 0 spiro atoms. The number of unbranched alkanes of at least 4 members (excludes halogenated alkanes) is 34. The summed E-state index contributed by atoms with van der Waals surface area (Å²) in [5.74, 6) is 1.54. The van der Waals surface area contributed by atoms with Crippen molar-refractivity contribution in [2.24, 2.45) is 0 Å². The third-order valence-corrected chi connectivity index (χ3v) is 26.7. The number of rotatable bonds is 50. The molecule has 676 valence electrons. The highest BCUT2D eigenvalue weighted by atomic mass is 35.5. The fourth-order valence-corrected chi connectivity index (χ4v) is 18.9. The number of aromatic nitrogens is 8. The van der Waals surface area contributed by atoms with Gasteiger partial charge < -0.3 is 18.4 Å². The second-order valence-electron chi connectivity index (χ2n) is 36.5. The Balaban J connectivity index is 0.00000103. The van der Waals surface area contributed by atoms with Crippen LogP contribution >= 0.6 is 11.6 Å². The molecule has 0 bridgehead atoms. The molecule has 0 fully saturated rings. The van der Waals surface area contributed by atoms with Crippen molar-refractivity contribution < 1.29 is 9.47 Å². The highest BCUT2D eigenvalue weighted by molar-refractivity contribution is 6.85. The van der Waals surface area contributed by atoms with Crippen molar-refractivity contribution in [3.63, 3.8) is 0 Å². The van der Waals surface area contributed by atoms with E-state index in [-0.39, 0.29) is 0 Å². The summed E-state index contributed by atoms with van der Waals surface area (Å²) >= 11 is 5.74. The van der Waals surface area contributed by atoms with Crippen LogP contribution in [0.25, 0.3) is 82.5 Å². The highest BCUT2D eigenvalue weighted by Crippen LogP contribution is 2.39. The number of halogens is 1. The minimum atomic E-state index is -0.576. The average Bonchev–Trinajstić information content (AvgIpc) is 1.52. The number of hydrogen-bond donors (Lipinski definition) is 0. The average molecular weight is 1760 g/mol. The Kier molecular flexibility index (Phi) is 38.1. The Labute approximate surface area is 787 Å². The van der Waals surface area contributed by atoms with Crippen LogP contribution in [0.5, 0.6) is 11.5 Å². The van der Waals surface area contributed by atoms with Crippen LogP contribution < -0.4 is 42.0 Å². The Hall–Kier alpha value is -11.4. The maximum Gasteiger partial charge on any atom is 0.328 e. The number of hydrogen-bond acceptors (Lipinski definition) is 9. The number of ether oxygens (including phenoxy) is 2. The van der Waals surface area contributed by atoms with Crippen LogP contribution in [0.2, 0.25) is 5.15 Å². The van der Waals surface area contributed by atoms with Gasteiger partial charge in [-0.2, -0.15) is 5.26 Å². The van der Waals surface area contributed by atoms with Gasteiger partial charge in [-0.25, -0.2) is 14.8 Å². The maximum atomic E-state index is 12.8. The smallest absolute Gasteiger partial charge is 0.328 e. The maximum absolute atomic E-state index is 12.8. The van der Waals surface area contributed by atoms with Crippen molar-refractivity contribution in [2.75, 3.05) is 13.2 Å². The summed E-state index contributed by atoms with van der Waals surface area (Å²) in [6.45, 7) is 27.1. The normalized spacial score (nSPS) is 11.9. The quantitative estimate of drug-likeness (QED) is 0.0207. The monoisotopic (exact) mass is 1760 g/mol. The van der Waals surface area contributed by atoms with Gasteiger partial charge in [0.2, 0.25) is 5.70 Å². The molecule has 5 aromatic heterocycles. The van der Waals surface area contributed by atoms with Crippen LogP contribution in [-0.2, 0) is 0 Å². The molecule has 0 saturated carbocycles. The van der Waals surface area contributed by atoms with Gasteiger partial charge in [-0.15, -0.1) is 0 Å². The second-order valence-corrected chi connectivity index (χ2v) is 36.9. The molecular formula is C116H137B2ClN10O2. The van der Waals surface area contributed by atoms with Crippen molar-refractivity contribution in [2.45, 2.75) is 287 Å². The molecule has 5 heterocycles. The molecule has 0 saturated heterocycles. The van der Waals surface area contributed by atoms with Gasteiger partial charge in [-0.3, -0.25) is 19.9 Å². The van der Waals surface area contributed by atoms with Crippen LogP contribution in [0.15, 0.2) is 225 Å². The predicted molar refractivity (Wildman–Crippen MR) is 554 cm³/mol. The van der Waals surface area contributed by atoms with E-state index in [4.69, 9.17) is 45.9 Å². The number of aryl methyl sites for hydroxylation is 6. The van der Waals surface area contributed by atoms with Gasteiger partial charge in [0, 0.05) is 33.7 Å². The van der Waals surface area contributed by atoms with Crippen molar-refractivity contribution in [3.8, 4) is 40.1 Å². The molecule has 12 nitrogen and oxygen atoms in total. The first-order valence-electron chi connectivity index (χ1n) is 49.7. The van der Waals surface area contributed by atoms with Crippen LogP contribution in [0.1, 0.15) is 290 Å². The van der Waals surface area contributed by atoms with E-state index in [1.165, 1.54) is 217 Å². The summed E-state index contributed by atoms with van der Waals surface area (Å²) < 4.78 is 18.3. The van der Waals surface area contributed by atoms with Crippen LogP contribution in [0.3, 0.4) is 0 Å². The Bertz CT molecular complexity index is 5760. The molecule has 15 heteroatoms. The molecule has 0 amide bonds. The highest BCUT2D eigenvalue weighted by Gasteiger charge is 2.38. The predicted octanol–water partition coefficient (Wildman–Crippen LogP) is 27.7. The lowest BCUT2D eigenvalue weighted by Crippen LogP contribution is -2.54. The van der Waals surface area contributed by atoms with Gasteiger partial charge in [-0.1, -0.05) is 387 Å². The van der Waals surface area contributed by atoms with Crippen molar-refractivity contribution >= 4 is 102 Å². The minimum Gasteiger partial charge on any atom is -0.494 e. The standard InChI is InChI=1S/C106H128B2N8O2.C10H9ClN2/c1-8-10-12-14-16-18-20-22-24-26-28-30-32-34-36-38-40-54-72-117-91-68-64-85(65-69-91)103-100-101(106(102(110-7)99-80-112-95-75-82(4)84(6)77-97(95)114-99)116(103)108(89-60-50-44-51-61-89)90-62-52-45-53-63-90)104(86-66-70-92(71-67-86)118-73-55-41-39-37-35-33-31-29-27-25-23-21-19-17-15-13-11-9-2)115(107(87-56-46-42-47-57-87)88-58-48-43-49-59-88)105(100)93(78-109)98-79-111-94-74-81(3)83(5)76-96(94)113-98;1-6-3-8-9(4-7(6)2)13-10(11)5-12-8/h42-53,56-71,74-77,79-80H,8-41,54-55,72-73H2,1-6H3;3-5H,1-2H3/b105-93-,106-102+;. The van der Waals surface area contributed by atoms with E-state index in [0.717, 1.165) is 137 Å². The molecule has 0 N–H and O–H groups in total. The third kappa shape index (κ3) is 26.7. The first-order valence-corrected chi connectivity index (χ1v) is 50.1. The Morgan fingerprint density at radius 2 is 0.618 bits per heavy atom. The molecule has 0 aliphatic heterocycles. The molecule has 0 atom stereocenters. The molecule has 14 aromatic rings. The number of nitriles is 1. The zero-order valence-corrected chi connectivity index (χ0v) is 80.3. The summed E-state index contributed by atoms with van der Waals surface area (Å²) in [6, 6.07) is 74.9. The minimum absolute atomic E-state index is 0.296. The SMILES string of the molecule is Cc1cc2ncc(Cl)nc2cc1C.[C-]#[N+]/C(c1cnc2cc(C)c(C)cc2n1)=c1\c2c(-c3ccc(OCCCCCCCCCCCCCCCCCCCC)cc3)n(B(c3ccccc3)c3ccccc3)/c(=C(/C#N)c3cnc4cc(C)c(C)cc4n3)c2c(-c2ccc(OCCCCCCCCCCCCCCCCCCCC)cc2)n1B(c1ccccc1)c1ccccc1. The Morgan fingerprint density at radius 3 is 0.939 bits per heavy atom. The Morgan fingerprint density at radius 1 is 0.344 bits per heavy atom. The first kappa shape index (κ1) is 97.1. The van der Waals surface area contributed by atoms with Gasteiger partial charge in [0.1, 0.15) is 34.0 Å². The van der Waals surface area contributed by atoms with Gasteiger partial charge in [-0.05, 0) is 184 Å². The number of fused-ring (bicyclic) bond motifs is 4. The lowest BCUT2D eigenvalue weighted by molar-refractivity contribution is 0.304. The van der Waals surface area contributed by atoms with Crippen molar-refractivity contribution in [1.82, 2.24) is 38.9 Å². The molecule has 0 aliphatic carbocycles. The zero-order chi connectivity index (χ0) is 91.3. The van der Waals surface area contributed by atoms with Crippen molar-refractivity contribution in [3.05, 3.63) is 297 Å². The van der Waals surface area contributed by atoms with E-state index in [1.54, 1.807) is 18.6 Å². The molecule has 0 aliphatic rings. The third-order valence-electron chi connectivity index (χ3n) is 26.6. The molecule has 131 heavy (non-hydrogen) atoms. The van der Waals surface area contributed by atoms with Crippen LogP contribution in [0, 0.1) is 59.4 Å². The number of benzene rings is 9. The van der Waals surface area contributed by atoms with Gasteiger partial charge in [0.15, 0.2) is 0 Å². The van der Waals surface area contributed by atoms with Gasteiger partial charge >= 0.3 is 13.7 Å². The molecule has 9 aromatic carbocycles. The molecule has 0 radical (unpaired) electrons. The second kappa shape index (κ2) is 51.4. The summed E-state index contributed by atoms with van der Waals surface area (Å²) in [7, 11) is 0. The molecule has 14 rings (SSSR count). The van der Waals surface area contributed by atoms with E-state index in [9.17, 15) is 11.8 Å². The van der Waals surface area contributed by atoms with E-state index < -0.39 is 13.7 Å². The summed E-state index contributed by atoms with van der Waals surface area (Å²) in [5.41, 5.74) is 20.1. The fourth-order valence-electron chi connectivity index (χ4n) is 18.8. The summed E-state index contributed by atoms with van der Waals surface area (Å²) in [4.78, 5) is 34.6. The van der Waals surface area contributed by atoms with E-state index in [2.05, 4.69) is 275 Å². The zero-order valence-electron chi connectivity index (χ0n) is 79.6. The first-order chi connectivity index (χ1) is 64.3. The van der Waals surface area contributed by atoms with Crippen LogP contribution in [-0.4, -0.2) is 65.8 Å². The molecule has 0 unspecified atom stereocenters. The lowest BCUT2D eigenvalue weighted by atomic mass is 9.50. The molecular weight excluding hydrogens is 1620 g/mol. The van der Waals surface area contributed by atoms with E-state index in [1.807, 2.05) is 12.1 Å². The van der Waals surface area contributed by atoms with E-state index in [0.29, 0.717) is 62.8 Å². The lowest BCUT2D eigenvalue weighted by Gasteiger charge is -2.24. The summed E-state index contributed by atoms with van der Waals surface area (Å²) in [5, 5.41) is 15.9. The number of nitrogens with zero attached hydrogens (tertiary/aromatic N) is 10.